The van der Waals surface area contributed by atoms with Crippen molar-refractivity contribution in [3.8, 4) is 6.07 Å². The van der Waals surface area contributed by atoms with E-state index < -0.39 is 0 Å². The average Bonchev–Trinajstić information content (AvgIpc) is 2.89. The van der Waals surface area contributed by atoms with Crippen molar-refractivity contribution in [2.75, 3.05) is 19.7 Å². The number of hydrogen-bond acceptors (Lipinski definition) is 3. The monoisotopic (exact) mass is 208 g/mol. The molecule has 15 heavy (non-hydrogen) atoms. The number of rotatable bonds is 4. The zero-order chi connectivity index (χ0) is 10.5. The van der Waals surface area contributed by atoms with E-state index in [0.29, 0.717) is 18.7 Å². The molecular weight excluding hydrogens is 188 g/mol. The number of ether oxygens (including phenoxy) is 1. The van der Waals surface area contributed by atoms with Crippen LogP contribution < -0.4 is 0 Å². The SMILES string of the molecule is N#CCN(CC1CCCO1)C1CCCC1. The molecule has 0 aromatic rings. The average molecular weight is 208 g/mol. The molecule has 2 rings (SSSR count). The molecule has 1 saturated carbocycles. The van der Waals surface area contributed by atoms with E-state index in [0.717, 1.165) is 13.2 Å². The molecule has 1 aliphatic heterocycles. The van der Waals surface area contributed by atoms with E-state index in [1.54, 1.807) is 0 Å². The van der Waals surface area contributed by atoms with Crippen LogP contribution in [-0.4, -0.2) is 36.7 Å². The normalized spacial score (nSPS) is 27.3. The van der Waals surface area contributed by atoms with E-state index in [-0.39, 0.29) is 0 Å². The highest BCUT2D eigenvalue weighted by molar-refractivity contribution is 4.86. The van der Waals surface area contributed by atoms with Crippen LogP contribution >= 0.6 is 0 Å². The van der Waals surface area contributed by atoms with Crippen LogP contribution in [0.5, 0.6) is 0 Å². The van der Waals surface area contributed by atoms with E-state index in [9.17, 15) is 0 Å². The molecule has 0 aromatic heterocycles. The van der Waals surface area contributed by atoms with Crippen LogP contribution in [0.3, 0.4) is 0 Å². The van der Waals surface area contributed by atoms with Gasteiger partial charge in [-0.1, -0.05) is 12.8 Å². The first-order valence-corrected chi connectivity index (χ1v) is 6.13. The van der Waals surface area contributed by atoms with Crippen molar-refractivity contribution < 1.29 is 4.74 Å². The summed E-state index contributed by atoms with van der Waals surface area (Å²) < 4.78 is 5.64. The molecule has 2 fully saturated rings. The molecule has 3 heteroatoms. The summed E-state index contributed by atoms with van der Waals surface area (Å²) in [4.78, 5) is 2.34. The van der Waals surface area contributed by atoms with Crippen molar-refractivity contribution in [1.29, 1.82) is 5.26 Å². The molecule has 0 radical (unpaired) electrons. The summed E-state index contributed by atoms with van der Waals surface area (Å²) in [6.45, 7) is 2.46. The number of nitriles is 1. The topological polar surface area (TPSA) is 36.3 Å². The van der Waals surface area contributed by atoms with Gasteiger partial charge in [-0.15, -0.1) is 0 Å². The van der Waals surface area contributed by atoms with Gasteiger partial charge in [-0.3, -0.25) is 4.90 Å². The molecule has 3 nitrogen and oxygen atoms in total. The first-order valence-electron chi connectivity index (χ1n) is 6.13. The lowest BCUT2D eigenvalue weighted by Crippen LogP contribution is -2.39. The molecule has 0 N–H and O–H groups in total. The number of hydrogen-bond donors (Lipinski definition) is 0. The second-order valence-electron chi connectivity index (χ2n) is 4.66. The summed E-state index contributed by atoms with van der Waals surface area (Å²) in [5.74, 6) is 0. The second kappa shape index (κ2) is 5.48. The van der Waals surface area contributed by atoms with Crippen LogP contribution in [0.4, 0.5) is 0 Å². The summed E-state index contributed by atoms with van der Waals surface area (Å²) in [7, 11) is 0. The highest BCUT2D eigenvalue weighted by Gasteiger charge is 2.26. The summed E-state index contributed by atoms with van der Waals surface area (Å²) in [6.07, 6.45) is 7.96. The van der Waals surface area contributed by atoms with Gasteiger partial charge in [-0.05, 0) is 25.7 Å². The summed E-state index contributed by atoms with van der Waals surface area (Å²) in [5, 5.41) is 8.84. The minimum Gasteiger partial charge on any atom is -0.377 e. The molecule has 1 heterocycles. The van der Waals surface area contributed by atoms with Gasteiger partial charge in [0.2, 0.25) is 0 Å². The van der Waals surface area contributed by atoms with Crippen molar-refractivity contribution in [3.63, 3.8) is 0 Å². The quantitative estimate of drug-likeness (QED) is 0.662. The lowest BCUT2D eigenvalue weighted by Gasteiger charge is -2.28. The summed E-state index contributed by atoms with van der Waals surface area (Å²) >= 11 is 0. The van der Waals surface area contributed by atoms with Crippen molar-refractivity contribution in [3.05, 3.63) is 0 Å². The third-order valence-electron chi connectivity index (χ3n) is 3.58. The Hall–Kier alpha value is -0.590. The van der Waals surface area contributed by atoms with Gasteiger partial charge in [0.15, 0.2) is 0 Å². The fourth-order valence-corrected chi connectivity index (χ4v) is 2.75. The number of nitrogens with zero attached hydrogens (tertiary/aromatic N) is 2. The van der Waals surface area contributed by atoms with Gasteiger partial charge >= 0.3 is 0 Å². The predicted molar refractivity (Wildman–Crippen MR) is 58.4 cm³/mol. The molecule has 1 aliphatic carbocycles. The lowest BCUT2D eigenvalue weighted by molar-refractivity contribution is 0.0634. The zero-order valence-electron chi connectivity index (χ0n) is 9.32. The van der Waals surface area contributed by atoms with Crippen LogP contribution in [-0.2, 0) is 4.74 Å². The maximum atomic E-state index is 8.84. The Kier molecular flexibility index (Phi) is 3.99. The summed E-state index contributed by atoms with van der Waals surface area (Å²) in [5.41, 5.74) is 0. The molecule has 0 spiro atoms. The van der Waals surface area contributed by atoms with Crippen molar-refractivity contribution in [1.82, 2.24) is 4.90 Å². The van der Waals surface area contributed by atoms with Gasteiger partial charge in [0.1, 0.15) is 0 Å². The zero-order valence-corrected chi connectivity index (χ0v) is 9.32. The Morgan fingerprint density at radius 1 is 1.20 bits per heavy atom. The van der Waals surface area contributed by atoms with Crippen LogP contribution in [0.25, 0.3) is 0 Å². The van der Waals surface area contributed by atoms with E-state index in [1.165, 1.54) is 38.5 Å². The minimum absolute atomic E-state index is 0.388. The maximum Gasteiger partial charge on any atom is 0.0869 e. The van der Waals surface area contributed by atoms with Crippen LogP contribution in [0.15, 0.2) is 0 Å². The van der Waals surface area contributed by atoms with Crippen molar-refractivity contribution >= 4 is 0 Å². The highest BCUT2D eigenvalue weighted by atomic mass is 16.5. The van der Waals surface area contributed by atoms with E-state index in [2.05, 4.69) is 11.0 Å². The van der Waals surface area contributed by atoms with E-state index in [1.807, 2.05) is 0 Å². The standard InChI is InChI=1S/C12H20N2O/c13-7-8-14(11-4-1-2-5-11)10-12-6-3-9-15-12/h11-12H,1-6,8-10H2. The molecule has 1 atom stereocenters. The molecule has 84 valence electrons. The van der Waals surface area contributed by atoms with Crippen molar-refractivity contribution in [2.45, 2.75) is 50.7 Å². The molecule has 2 aliphatic rings. The molecule has 1 saturated heterocycles. The molecule has 0 bridgehead atoms. The van der Waals surface area contributed by atoms with Crippen LogP contribution in [0.1, 0.15) is 38.5 Å². The van der Waals surface area contributed by atoms with Gasteiger partial charge in [-0.25, -0.2) is 0 Å². The van der Waals surface area contributed by atoms with E-state index in [4.69, 9.17) is 10.00 Å². The molecule has 0 aromatic carbocycles. The lowest BCUT2D eigenvalue weighted by atomic mass is 10.1. The Bertz CT molecular complexity index is 224. The Morgan fingerprint density at radius 2 is 2.00 bits per heavy atom. The van der Waals surface area contributed by atoms with Gasteiger partial charge in [0.05, 0.1) is 18.7 Å². The smallest absolute Gasteiger partial charge is 0.0869 e. The van der Waals surface area contributed by atoms with Gasteiger partial charge < -0.3 is 4.74 Å². The van der Waals surface area contributed by atoms with Gasteiger partial charge in [0.25, 0.3) is 0 Å². The minimum atomic E-state index is 0.388. The molecular formula is C12H20N2O. The van der Waals surface area contributed by atoms with Gasteiger partial charge in [0, 0.05) is 19.2 Å². The first-order chi connectivity index (χ1) is 7.40. The fraction of sp³-hybridized carbons (Fsp3) is 0.917. The Morgan fingerprint density at radius 3 is 2.60 bits per heavy atom. The fourth-order valence-electron chi connectivity index (χ4n) is 2.75. The third-order valence-corrected chi connectivity index (χ3v) is 3.58. The summed E-state index contributed by atoms with van der Waals surface area (Å²) in [6, 6.07) is 2.94. The molecule has 1 unspecified atom stereocenters. The Labute approximate surface area is 92.0 Å². The van der Waals surface area contributed by atoms with Crippen LogP contribution in [0.2, 0.25) is 0 Å². The van der Waals surface area contributed by atoms with Gasteiger partial charge in [-0.2, -0.15) is 5.26 Å². The first kappa shape index (κ1) is 10.9. The highest BCUT2D eigenvalue weighted by Crippen LogP contribution is 2.24. The molecule has 0 amide bonds. The van der Waals surface area contributed by atoms with Crippen LogP contribution in [0, 0.1) is 11.3 Å². The predicted octanol–water partition coefficient (Wildman–Crippen LogP) is 1.93. The van der Waals surface area contributed by atoms with E-state index >= 15 is 0 Å². The largest absolute Gasteiger partial charge is 0.377 e. The maximum absolute atomic E-state index is 8.84. The second-order valence-corrected chi connectivity index (χ2v) is 4.66. The Balaban J connectivity index is 1.84. The third kappa shape index (κ3) is 2.93. The van der Waals surface area contributed by atoms with Crippen molar-refractivity contribution in [2.24, 2.45) is 0 Å².